The highest BCUT2D eigenvalue weighted by atomic mass is 32.2. The molecule has 1 saturated heterocycles. The van der Waals surface area contributed by atoms with Crippen LogP contribution in [-0.4, -0.2) is 64.5 Å². The smallest absolute Gasteiger partial charge is 0.417 e. The molecule has 7 nitrogen and oxygen atoms in total. The SMILES string of the molecule is CNC1=N[C@@H]2[C@@H](O)[C@H](O)[C@@H]([C@@H](OCc3ccc(Oc4ccccc4)cc3)C(F)(F)F)O[C@@H]2S1. The highest BCUT2D eigenvalue weighted by Gasteiger charge is 2.57. The van der Waals surface area contributed by atoms with Crippen LogP contribution in [0.1, 0.15) is 5.56 Å². The van der Waals surface area contributed by atoms with E-state index in [2.05, 4.69) is 10.3 Å². The van der Waals surface area contributed by atoms with E-state index in [1.165, 1.54) is 0 Å². The maximum Gasteiger partial charge on any atom is 0.417 e. The second-order valence-corrected chi connectivity index (χ2v) is 8.66. The molecular weight excluding hydrogens is 461 g/mol. The van der Waals surface area contributed by atoms with Crippen molar-refractivity contribution in [3.63, 3.8) is 0 Å². The van der Waals surface area contributed by atoms with E-state index in [4.69, 9.17) is 14.2 Å². The maximum absolute atomic E-state index is 13.8. The Balaban J connectivity index is 1.42. The van der Waals surface area contributed by atoms with Crippen LogP contribution in [0.2, 0.25) is 0 Å². The molecule has 2 aromatic carbocycles. The number of aliphatic hydroxyl groups excluding tert-OH is 2. The second kappa shape index (κ2) is 9.90. The lowest BCUT2D eigenvalue weighted by Gasteiger charge is -2.41. The van der Waals surface area contributed by atoms with E-state index in [1.807, 2.05) is 18.2 Å². The number of aliphatic hydroxyl groups is 2. The van der Waals surface area contributed by atoms with Crippen molar-refractivity contribution in [3.8, 4) is 11.5 Å². The van der Waals surface area contributed by atoms with Crippen molar-refractivity contribution in [1.29, 1.82) is 0 Å². The van der Waals surface area contributed by atoms with Gasteiger partial charge in [0.25, 0.3) is 0 Å². The Kier molecular flexibility index (Phi) is 7.15. The number of hydrogen-bond donors (Lipinski definition) is 3. The third-order valence-electron chi connectivity index (χ3n) is 5.27. The first-order valence-electron chi connectivity index (χ1n) is 10.2. The van der Waals surface area contributed by atoms with E-state index in [0.29, 0.717) is 22.2 Å². The molecular formula is C22H23F3N2O5S. The summed E-state index contributed by atoms with van der Waals surface area (Å²) in [4.78, 5) is 4.15. The van der Waals surface area contributed by atoms with Gasteiger partial charge < -0.3 is 29.7 Å². The molecule has 3 N–H and O–H groups in total. The molecule has 178 valence electrons. The molecule has 33 heavy (non-hydrogen) atoms. The van der Waals surface area contributed by atoms with Gasteiger partial charge in [0.15, 0.2) is 11.3 Å². The van der Waals surface area contributed by atoms with Crippen LogP contribution in [0.15, 0.2) is 59.6 Å². The number of nitrogens with one attached hydrogen (secondary N) is 1. The Labute approximate surface area is 192 Å². The van der Waals surface area contributed by atoms with Crippen LogP contribution in [0.3, 0.4) is 0 Å². The Morgan fingerprint density at radius 1 is 1.06 bits per heavy atom. The van der Waals surface area contributed by atoms with E-state index in [-0.39, 0.29) is 6.61 Å². The summed E-state index contributed by atoms with van der Waals surface area (Å²) in [5, 5.41) is 23.9. The van der Waals surface area contributed by atoms with Crippen LogP contribution in [0, 0.1) is 0 Å². The number of thioether (sulfide) groups is 1. The minimum absolute atomic E-state index is 0.377. The fourth-order valence-electron chi connectivity index (χ4n) is 3.60. The Morgan fingerprint density at radius 2 is 1.73 bits per heavy atom. The van der Waals surface area contributed by atoms with Crippen molar-refractivity contribution in [1.82, 2.24) is 5.32 Å². The molecule has 0 aromatic heterocycles. The van der Waals surface area contributed by atoms with Crippen molar-refractivity contribution in [2.45, 2.75) is 48.7 Å². The monoisotopic (exact) mass is 484 g/mol. The minimum atomic E-state index is -4.83. The maximum atomic E-state index is 13.8. The fraction of sp³-hybridized carbons (Fsp3) is 0.409. The number of amidine groups is 1. The quantitative estimate of drug-likeness (QED) is 0.581. The molecule has 11 heteroatoms. The van der Waals surface area contributed by atoms with Crippen LogP contribution >= 0.6 is 11.8 Å². The zero-order valence-corrected chi connectivity index (χ0v) is 18.3. The van der Waals surface area contributed by atoms with Crippen molar-refractivity contribution in [2.24, 2.45) is 4.99 Å². The van der Waals surface area contributed by atoms with Gasteiger partial charge >= 0.3 is 6.18 Å². The molecule has 0 radical (unpaired) electrons. The average Bonchev–Trinajstić information content (AvgIpc) is 3.21. The second-order valence-electron chi connectivity index (χ2n) is 7.58. The number of alkyl halides is 3. The summed E-state index contributed by atoms with van der Waals surface area (Å²) in [6.07, 6.45) is -12.4. The summed E-state index contributed by atoms with van der Waals surface area (Å²) >= 11 is 1.06. The van der Waals surface area contributed by atoms with Gasteiger partial charge in [0.2, 0.25) is 0 Å². The van der Waals surface area contributed by atoms with Gasteiger partial charge in [-0.05, 0) is 29.8 Å². The van der Waals surface area contributed by atoms with Gasteiger partial charge in [-0.1, -0.05) is 42.1 Å². The molecule has 2 aliphatic rings. The van der Waals surface area contributed by atoms with E-state index >= 15 is 0 Å². The number of hydrogen-bond acceptors (Lipinski definition) is 8. The van der Waals surface area contributed by atoms with Gasteiger partial charge in [0.1, 0.15) is 41.3 Å². The standard InChI is InChI=1S/C22H23F3N2O5S/c1-26-21-27-15-16(28)17(29)18(32-20(15)33-21)19(22(23,24)25)30-11-12-7-9-14(10-8-12)31-13-5-3-2-4-6-13/h2-10,15-20,28-29H,11H2,1H3,(H,26,27)/t15-,16-,17+,18+,19-,20-/m1/s1. The number of benzene rings is 2. The summed E-state index contributed by atoms with van der Waals surface area (Å²) < 4.78 is 57.9. The van der Waals surface area contributed by atoms with E-state index in [0.717, 1.165) is 11.8 Å². The van der Waals surface area contributed by atoms with Gasteiger partial charge in [-0.25, -0.2) is 0 Å². The fourth-order valence-corrected chi connectivity index (χ4v) is 4.66. The molecule has 4 rings (SSSR count). The number of aliphatic imine (C=N–C) groups is 1. The van der Waals surface area contributed by atoms with E-state index in [1.54, 1.807) is 43.4 Å². The van der Waals surface area contributed by atoms with Gasteiger partial charge in [0.05, 0.1) is 6.61 Å². The third kappa shape index (κ3) is 5.44. The van der Waals surface area contributed by atoms with Crippen molar-refractivity contribution < 1.29 is 37.6 Å². The van der Waals surface area contributed by atoms with Gasteiger partial charge in [0, 0.05) is 7.05 Å². The minimum Gasteiger partial charge on any atom is -0.457 e. The van der Waals surface area contributed by atoms with Crippen molar-refractivity contribution in [3.05, 3.63) is 60.2 Å². The predicted molar refractivity (Wildman–Crippen MR) is 116 cm³/mol. The van der Waals surface area contributed by atoms with Crippen LogP contribution in [-0.2, 0) is 16.1 Å². The Bertz CT molecular complexity index is 961. The predicted octanol–water partition coefficient (Wildman–Crippen LogP) is 3.06. The summed E-state index contributed by atoms with van der Waals surface area (Å²) in [5.41, 5.74) is -0.386. The van der Waals surface area contributed by atoms with Crippen LogP contribution in [0.25, 0.3) is 0 Å². The summed E-state index contributed by atoms with van der Waals surface area (Å²) in [5.74, 6) is 1.16. The number of fused-ring (bicyclic) bond motifs is 1. The van der Waals surface area contributed by atoms with Crippen LogP contribution in [0.4, 0.5) is 13.2 Å². The first kappa shape index (κ1) is 23.8. The van der Waals surface area contributed by atoms with E-state index in [9.17, 15) is 23.4 Å². The number of rotatable bonds is 6. The Hall–Kier alpha value is -2.31. The van der Waals surface area contributed by atoms with Crippen molar-refractivity contribution >= 4 is 16.9 Å². The molecule has 0 amide bonds. The zero-order chi connectivity index (χ0) is 23.6. The topological polar surface area (TPSA) is 92.5 Å². The number of halogens is 3. The molecule has 2 heterocycles. The zero-order valence-electron chi connectivity index (χ0n) is 17.5. The highest BCUT2D eigenvalue weighted by molar-refractivity contribution is 8.14. The van der Waals surface area contributed by atoms with Gasteiger partial charge in [-0.15, -0.1) is 0 Å². The lowest BCUT2D eigenvalue weighted by atomic mass is 9.94. The molecule has 0 saturated carbocycles. The van der Waals surface area contributed by atoms with Gasteiger partial charge in [-0.2, -0.15) is 13.2 Å². The van der Waals surface area contributed by atoms with E-state index < -0.39 is 42.1 Å². The number of nitrogens with zero attached hydrogens (tertiary/aromatic N) is 1. The molecule has 2 aliphatic heterocycles. The summed E-state index contributed by atoms with van der Waals surface area (Å²) in [6.45, 7) is -0.377. The molecule has 6 atom stereocenters. The summed E-state index contributed by atoms with van der Waals surface area (Å²) in [7, 11) is 1.60. The first-order chi connectivity index (χ1) is 15.8. The molecule has 2 aromatic rings. The normalized spacial score (nSPS) is 28.1. The lowest BCUT2D eigenvalue weighted by Crippen LogP contribution is -2.61. The van der Waals surface area contributed by atoms with Crippen molar-refractivity contribution in [2.75, 3.05) is 7.05 Å². The average molecular weight is 484 g/mol. The number of para-hydroxylation sites is 1. The molecule has 0 bridgehead atoms. The third-order valence-corrected chi connectivity index (χ3v) is 6.42. The molecule has 0 unspecified atom stereocenters. The molecule has 0 spiro atoms. The lowest BCUT2D eigenvalue weighted by molar-refractivity contribution is -0.286. The van der Waals surface area contributed by atoms with Crippen LogP contribution in [0.5, 0.6) is 11.5 Å². The van der Waals surface area contributed by atoms with Crippen LogP contribution < -0.4 is 10.1 Å². The summed E-state index contributed by atoms with van der Waals surface area (Å²) in [6, 6.07) is 14.6. The highest BCUT2D eigenvalue weighted by Crippen LogP contribution is 2.40. The Morgan fingerprint density at radius 3 is 2.36 bits per heavy atom. The first-order valence-corrected chi connectivity index (χ1v) is 11.1. The number of ether oxygens (including phenoxy) is 3. The molecule has 1 fully saturated rings. The largest absolute Gasteiger partial charge is 0.457 e. The molecule has 0 aliphatic carbocycles. The van der Waals surface area contributed by atoms with Gasteiger partial charge in [-0.3, -0.25) is 4.99 Å².